The van der Waals surface area contributed by atoms with Crippen LogP contribution in [-0.4, -0.2) is 43.5 Å². The van der Waals surface area contributed by atoms with E-state index < -0.39 is 18.4 Å². The topological polar surface area (TPSA) is 79.9 Å². The number of urea groups is 2. The Morgan fingerprint density at radius 3 is 1.81 bits per heavy atom. The maximum absolute atomic E-state index is 12.6. The van der Waals surface area contributed by atoms with Crippen molar-refractivity contribution in [2.24, 2.45) is 0 Å². The fourth-order valence-electron chi connectivity index (χ4n) is 2.10. The molecule has 0 spiro atoms. The van der Waals surface area contributed by atoms with Gasteiger partial charge in [0.1, 0.15) is 0 Å². The third-order valence-electron chi connectivity index (χ3n) is 3.54. The van der Waals surface area contributed by atoms with Crippen molar-refractivity contribution >= 4 is 23.4 Å². The second-order valence-electron chi connectivity index (χ2n) is 5.42. The third kappa shape index (κ3) is 6.19. The molecule has 1 atom stereocenters. The number of nitrogens with one attached hydrogen (secondary N) is 2. The summed E-state index contributed by atoms with van der Waals surface area (Å²) >= 11 is 0. The van der Waals surface area contributed by atoms with Crippen LogP contribution in [0, 0.1) is 0 Å². The Morgan fingerprint density at radius 2 is 1.38 bits per heavy atom. The first-order chi connectivity index (χ1) is 12.6. The van der Waals surface area contributed by atoms with Gasteiger partial charge in [-0.1, -0.05) is 36.4 Å². The van der Waals surface area contributed by atoms with Gasteiger partial charge in [0.15, 0.2) is 6.29 Å². The van der Waals surface area contributed by atoms with E-state index in [9.17, 15) is 9.59 Å². The molecule has 2 aromatic rings. The first kappa shape index (κ1) is 19.4. The lowest BCUT2D eigenvalue weighted by Gasteiger charge is -2.22. The molecule has 0 aliphatic carbocycles. The first-order valence-electron chi connectivity index (χ1n) is 8.24. The van der Waals surface area contributed by atoms with E-state index in [1.165, 1.54) is 7.11 Å². The highest BCUT2D eigenvalue weighted by molar-refractivity contribution is 6.05. The summed E-state index contributed by atoms with van der Waals surface area (Å²) in [5.74, 6) is 0. The lowest BCUT2D eigenvalue weighted by molar-refractivity contribution is -0.111. The minimum absolute atomic E-state index is 0.0744. The maximum Gasteiger partial charge on any atom is 0.330 e. The van der Waals surface area contributed by atoms with Crippen molar-refractivity contribution in [3.8, 4) is 0 Å². The minimum atomic E-state index is -0.543. The molecule has 0 radical (unpaired) electrons. The highest BCUT2D eigenvalue weighted by Crippen LogP contribution is 2.10. The van der Waals surface area contributed by atoms with Crippen molar-refractivity contribution < 1.29 is 19.1 Å². The van der Waals surface area contributed by atoms with E-state index in [1.54, 1.807) is 55.5 Å². The zero-order valence-corrected chi connectivity index (χ0v) is 14.8. The number of ether oxygens (including phenoxy) is 2. The van der Waals surface area contributed by atoms with E-state index in [2.05, 4.69) is 10.6 Å². The van der Waals surface area contributed by atoms with E-state index in [-0.39, 0.29) is 13.2 Å². The van der Waals surface area contributed by atoms with E-state index in [4.69, 9.17) is 9.47 Å². The number of amides is 4. The Morgan fingerprint density at radius 1 is 0.923 bits per heavy atom. The van der Waals surface area contributed by atoms with Crippen LogP contribution < -0.4 is 10.6 Å². The molecule has 7 nitrogen and oxygen atoms in total. The van der Waals surface area contributed by atoms with E-state index in [0.717, 1.165) is 4.90 Å². The number of carbonyl (C=O) groups excluding carboxylic acids is 2. The molecule has 0 aliphatic heterocycles. The summed E-state index contributed by atoms with van der Waals surface area (Å²) in [6.45, 7) is 1.96. The smallest absolute Gasteiger partial charge is 0.330 e. The van der Waals surface area contributed by atoms with Crippen molar-refractivity contribution in [3.63, 3.8) is 0 Å². The number of anilines is 2. The van der Waals surface area contributed by atoms with Crippen LogP contribution in [0.4, 0.5) is 21.0 Å². The molecule has 7 heteroatoms. The molecule has 4 amide bonds. The lowest BCUT2D eigenvalue weighted by atomic mass is 10.3. The molecule has 1 unspecified atom stereocenters. The number of para-hydroxylation sites is 2. The SMILES string of the molecule is COC(C)OCCN(C(=O)Nc1ccccc1)C(=O)Nc1ccccc1. The van der Waals surface area contributed by atoms with Crippen LogP contribution in [0.25, 0.3) is 0 Å². The van der Waals surface area contributed by atoms with Gasteiger partial charge in [0.05, 0.1) is 13.2 Å². The molecule has 138 valence electrons. The monoisotopic (exact) mass is 357 g/mol. The molecule has 0 aliphatic rings. The Labute approximate surface area is 152 Å². The highest BCUT2D eigenvalue weighted by Gasteiger charge is 2.22. The third-order valence-corrected chi connectivity index (χ3v) is 3.54. The van der Waals surface area contributed by atoms with Crippen LogP contribution in [0.2, 0.25) is 0 Å². The zero-order chi connectivity index (χ0) is 18.8. The molecular weight excluding hydrogens is 334 g/mol. The number of methoxy groups -OCH3 is 1. The molecule has 0 saturated heterocycles. The van der Waals surface area contributed by atoms with Crippen molar-refractivity contribution in [2.45, 2.75) is 13.2 Å². The first-order valence-corrected chi connectivity index (χ1v) is 8.24. The molecule has 0 heterocycles. The molecule has 26 heavy (non-hydrogen) atoms. The van der Waals surface area contributed by atoms with Crippen LogP contribution in [-0.2, 0) is 9.47 Å². The zero-order valence-electron chi connectivity index (χ0n) is 14.8. The summed E-state index contributed by atoms with van der Waals surface area (Å²) in [4.78, 5) is 26.2. The fourth-order valence-corrected chi connectivity index (χ4v) is 2.10. The van der Waals surface area contributed by atoms with Gasteiger partial charge in [-0.15, -0.1) is 0 Å². The van der Waals surface area contributed by atoms with Crippen LogP contribution >= 0.6 is 0 Å². The molecular formula is C19H23N3O4. The van der Waals surface area contributed by atoms with E-state index in [1.807, 2.05) is 12.1 Å². The van der Waals surface area contributed by atoms with Gasteiger partial charge in [0.2, 0.25) is 0 Å². The molecule has 0 bridgehead atoms. The predicted molar refractivity (Wildman–Crippen MR) is 100 cm³/mol. The van der Waals surface area contributed by atoms with E-state index >= 15 is 0 Å². The summed E-state index contributed by atoms with van der Waals surface area (Å²) < 4.78 is 10.4. The Kier molecular flexibility index (Phi) is 7.60. The number of benzene rings is 2. The summed E-state index contributed by atoms with van der Waals surface area (Å²) in [6.07, 6.45) is -0.425. The molecule has 2 N–H and O–H groups in total. The largest absolute Gasteiger partial charge is 0.356 e. The van der Waals surface area contributed by atoms with Gasteiger partial charge in [0, 0.05) is 18.5 Å². The fraction of sp³-hybridized carbons (Fsp3) is 0.263. The van der Waals surface area contributed by atoms with Gasteiger partial charge < -0.3 is 20.1 Å². The van der Waals surface area contributed by atoms with Gasteiger partial charge >= 0.3 is 12.1 Å². The van der Waals surface area contributed by atoms with Gasteiger partial charge in [-0.25, -0.2) is 14.5 Å². The average Bonchev–Trinajstić information content (AvgIpc) is 2.66. The van der Waals surface area contributed by atoms with Crippen LogP contribution in [0.1, 0.15) is 6.92 Å². The Bertz CT molecular complexity index is 641. The number of hydrogen-bond donors (Lipinski definition) is 2. The number of carbonyl (C=O) groups is 2. The summed E-state index contributed by atoms with van der Waals surface area (Å²) in [5.41, 5.74) is 1.20. The summed E-state index contributed by atoms with van der Waals surface area (Å²) in [7, 11) is 1.52. The normalized spacial score (nSPS) is 11.5. The molecule has 0 aromatic heterocycles. The number of rotatable bonds is 7. The standard InChI is InChI=1S/C19H23N3O4/c1-15(25-2)26-14-13-22(18(23)20-16-9-5-3-6-10-16)19(24)21-17-11-7-4-8-12-17/h3-12,15H,13-14H2,1-2H3,(H,20,23)(H,21,24). The number of imide groups is 1. The maximum atomic E-state index is 12.6. The van der Waals surface area contributed by atoms with Crippen LogP contribution in [0.5, 0.6) is 0 Å². The molecule has 2 aromatic carbocycles. The van der Waals surface area contributed by atoms with Crippen molar-refractivity contribution in [3.05, 3.63) is 60.7 Å². The van der Waals surface area contributed by atoms with Crippen molar-refractivity contribution in [2.75, 3.05) is 30.9 Å². The second kappa shape index (κ2) is 10.2. The van der Waals surface area contributed by atoms with Crippen LogP contribution in [0.15, 0.2) is 60.7 Å². The molecule has 0 saturated carbocycles. The van der Waals surface area contributed by atoms with E-state index in [0.29, 0.717) is 11.4 Å². The van der Waals surface area contributed by atoms with Gasteiger partial charge in [-0.3, -0.25) is 0 Å². The number of hydrogen-bond acceptors (Lipinski definition) is 4. The van der Waals surface area contributed by atoms with Crippen molar-refractivity contribution in [1.82, 2.24) is 4.90 Å². The quantitative estimate of drug-likeness (QED) is 0.740. The summed E-state index contributed by atoms with van der Waals surface area (Å²) in [5, 5.41) is 5.40. The minimum Gasteiger partial charge on any atom is -0.356 e. The number of nitrogens with zero attached hydrogens (tertiary/aromatic N) is 1. The molecule has 2 rings (SSSR count). The molecule has 0 fully saturated rings. The summed E-state index contributed by atoms with van der Waals surface area (Å²) in [6, 6.07) is 16.8. The van der Waals surface area contributed by atoms with Gasteiger partial charge in [-0.2, -0.15) is 0 Å². The van der Waals surface area contributed by atoms with Gasteiger partial charge in [0.25, 0.3) is 0 Å². The second-order valence-corrected chi connectivity index (χ2v) is 5.42. The highest BCUT2D eigenvalue weighted by atomic mass is 16.7. The predicted octanol–water partition coefficient (Wildman–Crippen LogP) is 3.76. The average molecular weight is 357 g/mol. The lowest BCUT2D eigenvalue weighted by Crippen LogP contribution is -2.44. The van der Waals surface area contributed by atoms with Gasteiger partial charge in [-0.05, 0) is 31.2 Å². The Balaban J connectivity index is 2.04. The van der Waals surface area contributed by atoms with Crippen molar-refractivity contribution in [1.29, 1.82) is 0 Å². The van der Waals surface area contributed by atoms with Crippen LogP contribution in [0.3, 0.4) is 0 Å². The Hall–Kier alpha value is -2.90.